The van der Waals surface area contributed by atoms with E-state index in [1.54, 1.807) is 0 Å². The third kappa shape index (κ3) is 3.68. The van der Waals surface area contributed by atoms with Crippen molar-refractivity contribution in [1.29, 1.82) is 0 Å². The lowest BCUT2D eigenvalue weighted by Crippen LogP contribution is -2.32. The van der Waals surface area contributed by atoms with E-state index in [0.29, 0.717) is 11.2 Å². The normalized spacial score (nSPS) is 26.2. The summed E-state index contributed by atoms with van der Waals surface area (Å²) in [6, 6.07) is -1.63. The molecule has 1 saturated heterocycles. The van der Waals surface area contributed by atoms with E-state index in [9.17, 15) is 15.0 Å². The smallest absolute Gasteiger partial charge is 0.320 e. The molecule has 2 aromatic heterocycles. The Kier molecular flexibility index (Phi) is 5.23. The number of hydrogen-bond donors (Lipinski definition) is 6. The van der Waals surface area contributed by atoms with E-state index in [1.165, 1.54) is 23.3 Å². The number of hydrogen-bond acceptors (Lipinski definition) is 10. The number of nitrogens with zero attached hydrogens (tertiary/aromatic N) is 4. The fourth-order valence-corrected chi connectivity index (χ4v) is 2.81. The average Bonchev–Trinajstić information content (AvgIpc) is 3.17. The number of carboxylic acids is 1. The van der Waals surface area contributed by atoms with Crippen molar-refractivity contribution in [3.8, 4) is 0 Å². The number of fused-ring (bicyclic) bond motifs is 1. The fraction of sp³-hybridized carbons (Fsp3) is 0.467. The number of imidazole rings is 1. The highest BCUT2D eigenvalue weighted by molar-refractivity contribution is 5.81. The minimum Gasteiger partial charge on any atom is -0.480 e. The van der Waals surface area contributed by atoms with E-state index in [0.717, 1.165) is 0 Å². The number of aliphatic hydroxyl groups is 2. The van der Waals surface area contributed by atoms with E-state index < -0.39 is 36.5 Å². The molecule has 1 aliphatic heterocycles. The Labute approximate surface area is 153 Å². The number of aliphatic carboxylic acids is 1. The van der Waals surface area contributed by atoms with Crippen LogP contribution in [0.3, 0.4) is 0 Å². The predicted octanol–water partition coefficient (Wildman–Crippen LogP) is -1.94. The first-order chi connectivity index (χ1) is 12.8. The lowest BCUT2D eigenvalue weighted by molar-refractivity contribution is -0.138. The van der Waals surface area contributed by atoms with Crippen LogP contribution in [0.1, 0.15) is 19.1 Å². The Morgan fingerprint density at radius 2 is 2.04 bits per heavy atom. The molecule has 0 aromatic carbocycles. The third-order valence-corrected chi connectivity index (χ3v) is 4.33. The van der Waals surface area contributed by atoms with E-state index in [-0.39, 0.29) is 24.4 Å². The van der Waals surface area contributed by atoms with Gasteiger partial charge in [-0.05, 0) is 18.9 Å². The van der Waals surface area contributed by atoms with Gasteiger partial charge in [0.1, 0.15) is 42.2 Å². The molecule has 0 saturated carbocycles. The Hall–Kier alpha value is -2.80. The number of rotatable bonds is 6. The maximum Gasteiger partial charge on any atom is 0.320 e. The first-order valence-corrected chi connectivity index (χ1v) is 8.21. The fourth-order valence-electron chi connectivity index (χ4n) is 2.81. The molecule has 1 fully saturated rings. The molecule has 2 aromatic rings. The molecule has 12 nitrogen and oxygen atoms in total. The molecule has 0 spiro atoms. The second-order valence-corrected chi connectivity index (χ2v) is 6.28. The minimum atomic E-state index is -1.31. The Morgan fingerprint density at radius 3 is 2.74 bits per heavy atom. The molecular weight excluding hydrogens is 358 g/mol. The van der Waals surface area contributed by atoms with E-state index in [4.69, 9.17) is 27.0 Å². The van der Waals surface area contributed by atoms with Gasteiger partial charge in [-0.1, -0.05) is 0 Å². The molecule has 12 heteroatoms. The number of nitrogens with two attached hydrogens (primary N) is 3. The van der Waals surface area contributed by atoms with E-state index in [1.807, 2.05) is 0 Å². The summed E-state index contributed by atoms with van der Waals surface area (Å²) in [6.07, 6.45) is 0.904. The molecule has 3 heterocycles. The first kappa shape index (κ1) is 19.0. The first-order valence-electron chi connectivity index (χ1n) is 8.21. The van der Waals surface area contributed by atoms with Gasteiger partial charge in [-0.25, -0.2) is 15.0 Å². The summed E-state index contributed by atoms with van der Waals surface area (Å²) >= 11 is 0. The molecule has 1 aliphatic rings. The second kappa shape index (κ2) is 7.44. The zero-order valence-electron chi connectivity index (χ0n) is 14.2. The standard InChI is InChI=1S/C15H21N7O5/c16-6(1-2-7(17)15(25)26)3-8-10(23)11(24)14(27-8)22-5-21-9-12(18)19-4-20-13(9)22/h3-7,10-11,14,23-24H,1-2,16-17H2,(H,25,26)(H2,18,19,20)/b8-3-/t6-,7+,10-,11-,14+/m0/s1. The number of aliphatic hydroxyl groups excluding tert-OH is 2. The van der Waals surface area contributed by atoms with Gasteiger partial charge in [-0.15, -0.1) is 0 Å². The van der Waals surface area contributed by atoms with E-state index in [2.05, 4.69) is 15.0 Å². The van der Waals surface area contributed by atoms with Gasteiger partial charge in [-0.3, -0.25) is 9.36 Å². The largest absolute Gasteiger partial charge is 0.480 e. The Balaban J connectivity index is 1.77. The molecule has 5 atom stereocenters. The SMILES string of the molecule is Nc1ncnc2c1ncn2[C@@H]1O/C(=C\[C@@H](N)CC[C@@H](N)C(=O)O)[C@H](O)[C@@H]1O. The van der Waals surface area contributed by atoms with Gasteiger partial charge < -0.3 is 37.3 Å². The summed E-state index contributed by atoms with van der Waals surface area (Å²) in [5, 5.41) is 29.4. The highest BCUT2D eigenvalue weighted by Crippen LogP contribution is 2.34. The molecular formula is C15H21N7O5. The van der Waals surface area contributed by atoms with Gasteiger partial charge in [0.15, 0.2) is 11.5 Å². The molecule has 0 bridgehead atoms. The third-order valence-electron chi connectivity index (χ3n) is 4.33. The van der Waals surface area contributed by atoms with Crippen molar-refractivity contribution < 1.29 is 24.9 Å². The molecule has 0 aliphatic carbocycles. The molecule has 27 heavy (non-hydrogen) atoms. The predicted molar refractivity (Wildman–Crippen MR) is 92.8 cm³/mol. The van der Waals surface area contributed by atoms with Gasteiger partial charge in [0.05, 0.1) is 0 Å². The molecule has 0 unspecified atom stereocenters. The van der Waals surface area contributed by atoms with Gasteiger partial charge >= 0.3 is 5.97 Å². The molecule has 3 rings (SSSR count). The number of nitrogen functional groups attached to an aromatic ring is 1. The summed E-state index contributed by atoms with van der Waals surface area (Å²) < 4.78 is 7.10. The molecule has 146 valence electrons. The van der Waals surface area contributed by atoms with Crippen LogP contribution in [-0.4, -0.2) is 65.1 Å². The van der Waals surface area contributed by atoms with E-state index >= 15 is 0 Å². The molecule has 9 N–H and O–H groups in total. The highest BCUT2D eigenvalue weighted by atomic mass is 16.5. The summed E-state index contributed by atoms with van der Waals surface area (Å²) in [5.41, 5.74) is 17.8. The monoisotopic (exact) mass is 379 g/mol. The highest BCUT2D eigenvalue weighted by Gasteiger charge is 2.41. The summed E-state index contributed by atoms with van der Waals surface area (Å²) in [4.78, 5) is 22.8. The quantitative estimate of drug-likeness (QED) is 0.325. The number of carboxylic acid groups (broad SMARTS) is 1. The van der Waals surface area contributed by atoms with Crippen molar-refractivity contribution in [2.24, 2.45) is 11.5 Å². The van der Waals surface area contributed by atoms with Gasteiger partial charge in [0.2, 0.25) is 6.23 Å². The summed E-state index contributed by atoms with van der Waals surface area (Å²) in [7, 11) is 0. The molecule has 0 amide bonds. The van der Waals surface area contributed by atoms with Crippen LogP contribution in [0.25, 0.3) is 11.2 Å². The van der Waals surface area contributed by atoms with Crippen molar-refractivity contribution in [3.63, 3.8) is 0 Å². The lowest BCUT2D eigenvalue weighted by atomic mass is 10.1. The van der Waals surface area contributed by atoms with Crippen LogP contribution in [0.2, 0.25) is 0 Å². The minimum absolute atomic E-state index is 0.0766. The van der Waals surface area contributed by atoms with Crippen molar-refractivity contribution >= 4 is 23.0 Å². The van der Waals surface area contributed by atoms with Gasteiger partial charge in [0, 0.05) is 6.04 Å². The summed E-state index contributed by atoms with van der Waals surface area (Å²) in [6.45, 7) is 0. The second-order valence-electron chi connectivity index (χ2n) is 6.28. The van der Waals surface area contributed by atoms with Crippen molar-refractivity contribution in [2.45, 2.75) is 43.4 Å². The number of aromatic nitrogens is 4. The zero-order valence-corrected chi connectivity index (χ0v) is 14.2. The van der Waals surface area contributed by atoms with Crippen molar-refractivity contribution in [3.05, 3.63) is 24.5 Å². The van der Waals surface area contributed by atoms with Crippen LogP contribution in [0.4, 0.5) is 5.82 Å². The van der Waals surface area contributed by atoms with Gasteiger partial charge in [0.25, 0.3) is 0 Å². The number of carbonyl (C=O) groups is 1. The van der Waals surface area contributed by atoms with Crippen LogP contribution in [0.15, 0.2) is 24.5 Å². The van der Waals surface area contributed by atoms with Crippen LogP contribution in [-0.2, 0) is 9.53 Å². The van der Waals surface area contributed by atoms with Crippen LogP contribution in [0.5, 0.6) is 0 Å². The molecule has 0 radical (unpaired) electrons. The number of anilines is 1. The number of ether oxygens (including phenoxy) is 1. The van der Waals surface area contributed by atoms with Crippen LogP contribution in [0, 0.1) is 0 Å². The average molecular weight is 379 g/mol. The maximum atomic E-state index is 10.7. The summed E-state index contributed by atoms with van der Waals surface area (Å²) in [5.74, 6) is -0.858. The van der Waals surface area contributed by atoms with Crippen LogP contribution < -0.4 is 17.2 Å². The Bertz CT molecular complexity index is 869. The maximum absolute atomic E-state index is 10.7. The van der Waals surface area contributed by atoms with Crippen molar-refractivity contribution in [1.82, 2.24) is 19.5 Å². The topological polar surface area (TPSA) is 209 Å². The zero-order chi connectivity index (χ0) is 19.7. The van der Waals surface area contributed by atoms with Crippen molar-refractivity contribution in [2.75, 3.05) is 5.73 Å². The van der Waals surface area contributed by atoms with Crippen LogP contribution >= 0.6 is 0 Å². The Morgan fingerprint density at radius 1 is 1.30 bits per heavy atom. The van der Waals surface area contributed by atoms with Gasteiger partial charge in [-0.2, -0.15) is 0 Å². The lowest BCUT2D eigenvalue weighted by Gasteiger charge is -2.16.